The number of methoxy groups -OCH3 is 2. The molecule has 0 saturated heterocycles. The molecule has 0 fully saturated rings. The number of amides is 2. The zero-order valence-corrected chi connectivity index (χ0v) is 21.0. The van der Waals surface area contributed by atoms with Crippen LogP contribution >= 0.6 is 0 Å². The van der Waals surface area contributed by atoms with Crippen molar-refractivity contribution in [3.05, 3.63) is 89.3 Å². The fourth-order valence-corrected chi connectivity index (χ4v) is 4.05. The standard InChI is InChI=1S/C28H31N5O4/c1-36-25-14-11-20(17-26(25)37-2)24-8-6-4-3-5-7-22-18-23(32-33(22)24)28(35)31-21-12-9-19(10-13-21)27(34)30-16-15-29/h4,6,8-14,17-18H,3,5,7,15-16,29H2,1-2H3,(H,30,34)(H,31,35)/b6-4-,24-8-. The van der Waals surface area contributed by atoms with Gasteiger partial charge in [-0.05, 0) is 73.9 Å². The molecule has 1 aromatic heterocycles. The Labute approximate surface area is 216 Å². The Morgan fingerprint density at radius 1 is 1.03 bits per heavy atom. The van der Waals surface area contributed by atoms with Crippen molar-refractivity contribution in [3.63, 3.8) is 0 Å². The molecule has 0 spiro atoms. The number of allylic oxidation sites excluding steroid dienone is 3. The van der Waals surface area contributed by atoms with E-state index in [1.54, 1.807) is 38.5 Å². The van der Waals surface area contributed by atoms with E-state index in [9.17, 15) is 9.59 Å². The average molecular weight is 502 g/mol. The zero-order chi connectivity index (χ0) is 26.2. The third-order valence-electron chi connectivity index (χ3n) is 5.95. The van der Waals surface area contributed by atoms with Crippen molar-refractivity contribution < 1.29 is 19.1 Å². The number of hydrogen-bond donors (Lipinski definition) is 3. The van der Waals surface area contributed by atoms with Gasteiger partial charge < -0.3 is 25.8 Å². The molecule has 0 aliphatic carbocycles. The number of rotatable bonds is 8. The summed E-state index contributed by atoms with van der Waals surface area (Å²) in [6, 6.07) is 14.2. The van der Waals surface area contributed by atoms with E-state index in [2.05, 4.69) is 21.8 Å². The van der Waals surface area contributed by atoms with Crippen LogP contribution in [-0.2, 0) is 6.42 Å². The van der Waals surface area contributed by atoms with Crippen LogP contribution in [0.25, 0.3) is 5.70 Å². The minimum Gasteiger partial charge on any atom is -0.493 e. The van der Waals surface area contributed by atoms with Crippen molar-refractivity contribution in [3.8, 4) is 11.5 Å². The van der Waals surface area contributed by atoms with Crippen molar-refractivity contribution in [2.75, 3.05) is 32.6 Å². The van der Waals surface area contributed by atoms with E-state index in [1.165, 1.54) is 0 Å². The van der Waals surface area contributed by atoms with Gasteiger partial charge in [0.1, 0.15) is 0 Å². The van der Waals surface area contributed by atoms with Gasteiger partial charge in [-0.15, -0.1) is 0 Å². The first-order valence-corrected chi connectivity index (χ1v) is 12.1. The molecular formula is C28H31N5O4. The van der Waals surface area contributed by atoms with Gasteiger partial charge in [0.2, 0.25) is 0 Å². The van der Waals surface area contributed by atoms with Gasteiger partial charge >= 0.3 is 0 Å². The third kappa shape index (κ3) is 6.07. The van der Waals surface area contributed by atoms with E-state index in [0.29, 0.717) is 41.5 Å². The minimum atomic E-state index is -0.334. The Balaban J connectivity index is 1.60. The number of benzene rings is 2. The molecule has 4 rings (SSSR count). The predicted molar refractivity (Wildman–Crippen MR) is 143 cm³/mol. The highest BCUT2D eigenvalue weighted by Crippen LogP contribution is 2.32. The van der Waals surface area contributed by atoms with Gasteiger partial charge in [-0.1, -0.05) is 12.2 Å². The SMILES string of the molecule is COc1ccc(/C2=C/C=C\CCCc3cc(C(=O)Nc4ccc(C(=O)NCCN)cc4)nn32)cc1OC. The molecule has 9 nitrogen and oxygen atoms in total. The summed E-state index contributed by atoms with van der Waals surface area (Å²) in [4.78, 5) is 25.2. The second-order valence-corrected chi connectivity index (χ2v) is 8.45. The van der Waals surface area contributed by atoms with Gasteiger partial charge in [-0.3, -0.25) is 9.59 Å². The molecule has 0 atom stereocenters. The lowest BCUT2D eigenvalue weighted by molar-refractivity contribution is 0.0954. The Bertz CT molecular complexity index is 1320. The smallest absolute Gasteiger partial charge is 0.276 e. The number of aryl methyl sites for hydroxylation is 1. The summed E-state index contributed by atoms with van der Waals surface area (Å²) >= 11 is 0. The van der Waals surface area contributed by atoms with Crippen molar-refractivity contribution in [1.82, 2.24) is 15.1 Å². The summed E-state index contributed by atoms with van der Waals surface area (Å²) in [6.07, 6.45) is 8.74. The summed E-state index contributed by atoms with van der Waals surface area (Å²) in [5, 5.41) is 10.3. The summed E-state index contributed by atoms with van der Waals surface area (Å²) < 4.78 is 12.7. The van der Waals surface area contributed by atoms with E-state index in [0.717, 1.165) is 36.2 Å². The summed E-state index contributed by atoms with van der Waals surface area (Å²) in [6.45, 7) is 0.769. The number of ether oxygens (including phenoxy) is 2. The van der Waals surface area contributed by atoms with Crippen molar-refractivity contribution in [2.45, 2.75) is 19.3 Å². The molecular weight excluding hydrogens is 470 g/mol. The lowest BCUT2D eigenvalue weighted by Gasteiger charge is -2.14. The monoisotopic (exact) mass is 501 g/mol. The number of nitrogens with one attached hydrogen (secondary N) is 2. The summed E-state index contributed by atoms with van der Waals surface area (Å²) in [7, 11) is 3.19. The van der Waals surface area contributed by atoms with Gasteiger partial charge in [0.15, 0.2) is 17.2 Å². The van der Waals surface area contributed by atoms with Crippen LogP contribution in [0.2, 0.25) is 0 Å². The maximum absolute atomic E-state index is 13.1. The number of carbonyl (C=O) groups excluding carboxylic acids is 2. The summed E-state index contributed by atoms with van der Waals surface area (Å²) in [5.41, 5.74) is 9.42. The van der Waals surface area contributed by atoms with E-state index < -0.39 is 0 Å². The molecule has 2 heterocycles. The average Bonchev–Trinajstić information content (AvgIpc) is 3.37. The molecule has 0 unspecified atom stereocenters. The molecule has 2 aromatic carbocycles. The van der Waals surface area contributed by atoms with E-state index in [1.807, 2.05) is 41.1 Å². The molecule has 9 heteroatoms. The fraction of sp³-hybridized carbons (Fsp3) is 0.250. The molecule has 37 heavy (non-hydrogen) atoms. The number of hydrogen-bond acceptors (Lipinski definition) is 6. The highest BCUT2D eigenvalue weighted by molar-refractivity contribution is 6.03. The van der Waals surface area contributed by atoms with Crippen molar-refractivity contribution in [2.24, 2.45) is 5.73 Å². The number of aromatic nitrogens is 2. The van der Waals surface area contributed by atoms with Gasteiger partial charge in [0, 0.05) is 35.6 Å². The van der Waals surface area contributed by atoms with Crippen LogP contribution in [0.5, 0.6) is 11.5 Å². The normalized spacial score (nSPS) is 15.2. The molecule has 4 N–H and O–H groups in total. The van der Waals surface area contributed by atoms with Crippen molar-refractivity contribution in [1.29, 1.82) is 0 Å². The quantitative estimate of drug-likeness (QED) is 0.434. The second kappa shape index (κ2) is 12.0. The van der Waals surface area contributed by atoms with Crippen LogP contribution in [0.1, 0.15) is 44.9 Å². The molecule has 192 valence electrons. The first-order valence-electron chi connectivity index (χ1n) is 12.1. The largest absolute Gasteiger partial charge is 0.493 e. The zero-order valence-electron chi connectivity index (χ0n) is 21.0. The van der Waals surface area contributed by atoms with Gasteiger partial charge in [-0.2, -0.15) is 5.10 Å². The van der Waals surface area contributed by atoms with Crippen molar-refractivity contribution >= 4 is 23.2 Å². The molecule has 0 saturated carbocycles. The van der Waals surface area contributed by atoms with Crippen LogP contribution < -0.4 is 25.8 Å². The maximum atomic E-state index is 13.1. The Morgan fingerprint density at radius 2 is 1.81 bits per heavy atom. The highest BCUT2D eigenvalue weighted by Gasteiger charge is 2.19. The Hall–Kier alpha value is -4.37. The van der Waals surface area contributed by atoms with E-state index >= 15 is 0 Å². The Kier molecular flexibility index (Phi) is 8.37. The third-order valence-corrected chi connectivity index (χ3v) is 5.95. The van der Waals surface area contributed by atoms with E-state index in [-0.39, 0.29) is 11.8 Å². The van der Waals surface area contributed by atoms with Crippen LogP contribution in [0.15, 0.2) is 66.8 Å². The van der Waals surface area contributed by atoms with Crippen LogP contribution in [0.3, 0.4) is 0 Å². The lowest BCUT2D eigenvalue weighted by atomic mass is 10.1. The first kappa shape index (κ1) is 25.7. The van der Waals surface area contributed by atoms with Crippen LogP contribution in [0.4, 0.5) is 5.69 Å². The molecule has 1 aliphatic heterocycles. The second-order valence-electron chi connectivity index (χ2n) is 8.45. The first-order chi connectivity index (χ1) is 18.0. The molecule has 1 aliphatic rings. The Morgan fingerprint density at radius 3 is 2.54 bits per heavy atom. The lowest BCUT2D eigenvalue weighted by Crippen LogP contribution is -2.28. The molecule has 3 aromatic rings. The minimum absolute atomic E-state index is 0.211. The topological polar surface area (TPSA) is 120 Å². The number of carbonyl (C=O) groups is 2. The number of nitrogens with zero attached hydrogens (tertiary/aromatic N) is 2. The molecule has 2 amide bonds. The fourth-order valence-electron chi connectivity index (χ4n) is 4.05. The van der Waals surface area contributed by atoms with Crippen LogP contribution in [-0.4, -0.2) is 48.9 Å². The number of anilines is 1. The van der Waals surface area contributed by atoms with Crippen LogP contribution in [0, 0.1) is 0 Å². The summed E-state index contributed by atoms with van der Waals surface area (Å²) in [5.74, 6) is 0.696. The number of fused-ring (bicyclic) bond motifs is 1. The van der Waals surface area contributed by atoms with Gasteiger partial charge in [0.25, 0.3) is 11.8 Å². The van der Waals surface area contributed by atoms with Gasteiger partial charge in [0.05, 0.1) is 19.9 Å². The van der Waals surface area contributed by atoms with E-state index in [4.69, 9.17) is 15.2 Å². The molecule has 0 bridgehead atoms. The highest BCUT2D eigenvalue weighted by atomic mass is 16.5. The predicted octanol–water partition coefficient (Wildman–Crippen LogP) is 3.62. The van der Waals surface area contributed by atoms with Gasteiger partial charge in [-0.25, -0.2) is 4.68 Å². The molecule has 0 radical (unpaired) electrons. The number of nitrogens with two attached hydrogens (primary N) is 1. The maximum Gasteiger partial charge on any atom is 0.276 e.